The first-order chi connectivity index (χ1) is 4.61. The number of nitrogens with zero attached hydrogens (tertiary/aromatic N) is 1. The SMILES string of the molecule is CN1C[C@@H](S)C[C@H]1C(N)=O.Cl. The van der Waals surface area contributed by atoms with Gasteiger partial charge in [-0.3, -0.25) is 9.69 Å². The molecule has 0 spiro atoms. The fourth-order valence-corrected chi connectivity index (χ4v) is 1.76. The van der Waals surface area contributed by atoms with Crippen molar-refractivity contribution in [3.63, 3.8) is 0 Å². The summed E-state index contributed by atoms with van der Waals surface area (Å²) in [4.78, 5) is 12.6. The number of hydrogen-bond donors (Lipinski definition) is 2. The second-order valence-electron chi connectivity index (χ2n) is 2.75. The largest absolute Gasteiger partial charge is 0.368 e. The Morgan fingerprint density at radius 3 is 2.45 bits per heavy atom. The molecule has 66 valence electrons. The van der Waals surface area contributed by atoms with E-state index in [1.54, 1.807) is 0 Å². The minimum Gasteiger partial charge on any atom is -0.368 e. The highest BCUT2D eigenvalue weighted by molar-refractivity contribution is 7.81. The van der Waals surface area contributed by atoms with Crippen molar-refractivity contribution >= 4 is 30.9 Å². The minimum atomic E-state index is -0.237. The van der Waals surface area contributed by atoms with E-state index in [1.807, 2.05) is 11.9 Å². The zero-order valence-electron chi connectivity index (χ0n) is 6.36. The van der Waals surface area contributed by atoms with Gasteiger partial charge >= 0.3 is 0 Å². The van der Waals surface area contributed by atoms with Crippen LogP contribution >= 0.6 is 25.0 Å². The molecule has 0 saturated carbocycles. The molecule has 1 amide bonds. The van der Waals surface area contributed by atoms with Crippen molar-refractivity contribution in [1.29, 1.82) is 0 Å². The maximum atomic E-state index is 10.7. The van der Waals surface area contributed by atoms with E-state index in [-0.39, 0.29) is 24.4 Å². The van der Waals surface area contributed by atoms with Crippen LogP contribution in [0.1, 0.15) is 6.42 Å². The molecule has 1 heterocycles. The van der Waals surface area contributed by atoms with Gasteiger partial charge < -0.3 is 5.73 Å². The topological polar surface area (TPSA) is 46.3 Å². The summed E-state index contributed by atoms with van der Waals surface area (Å²) in [7, 11) is 1.89. The quantitative estimate of drug-likeness (QED) is 0.576. The molecule has 0 aromatic heterocycles. The van der Waals surface area contributed by atoms with Crippen LogP contribution in [-0.2, 0) is 4.79 Å². The molecule has 2 N–H and O–H groups in total. The second-order valence-corrected chi connectivity index (χ2v) is 3.48. The fourth-order valence-electron chi connectivity index (χ4n) is 1.31. The van der Waals surface area contributed by atoms with E-state index < -0.39 is 0 Å². The molecule has 2 atom stereocenters. The number of likely N-dealkylation sites (N-methyl/N-ethyl adjacent to an activating group) is 1. The van der Waals surface area contributed by atoms with Crippen LogP contribution in [0.25, 0.3) is 0 Å². The number of likely N-dealkylation sites (tertiary alicyclic amines) is 1. The molecular formula is C6H13ClN2OS. The van der Waals surface area contributed by atoms with Crippen LogP contribution in [0, 0.1) is 0 Å². The molecule has 0 aromatic carbocycles. The summed E-state index contributed by atoms with van der Waals surface area (Å²) in [5.74, 6) is -0.237. The molecule has 0 aromatic rings. The summed E-state index contributed by atoms with van der Waals surface area (Å²) in [6, 6.07) is -0.0949. The van der Waals surface area contributed by atoms with E-state index >= 15 is 0 Å². The van der Waals surface area contributed by atoms with Gasteiger partial charge in [0.05, 0.1) is 6.04 Å². The number of carbonyl (C=O) groups excluding carboxylic acids is 1. The number of primary amides is 1. The van der Waals surface area contributed by atoms with E-state index in [0.29, 0.717) is 5.25 Å². The maximum Gasteiger partial charge on any atom is 0.234 e. The van der Waals surface area contributed by atoms with Gasteiger partial charge in [-0.25, -0.2) is 0 Å². The lowest BCUT2D eigenvalue weighted by Gasteiger charge is -2.14. The Kier molecular flexibility index (Phi) is 4.21. The highest BCUT2D eigenvalue weighted by Gasteiger charge is 2.30. The van der Waals surface area contributed by atoms with Crippen molar-refractivity contribution in [1.82, 2.24) is 4.90 Å². The molecule has 1 fully saturated rings. The molecule has 0 radical (unpaired) electrons. The Morgan fingerprint density at radius 1 is 1.73 bits per heavy atom. The second kappa shape index (κ2) is 4.18. The van der Waals surface area contributed by atoms with Gasteiger partial charge in [-0.2, -0.15) is 12.6 Å². The van der Waals surface area contributed by atoms with Crippen LogP contribution in [0.3, 0.4) is 0 Å². The summed E-state index contributed by atoms with van der Waals surface area (Å²) >= 11 is 4.26. The fraction of sp³-hybridized carbons (Fsp3) is 0.833. The van der Waals surface area contributed by atoms with Crippen LogP contribution in [0.2, 0.25) is 0 Å². The summed E-state index contributed by atoms with van der Waals surface area (Å²) in [5, 5.41) is 0.308. The minimum absolute atomic E-state index is 0. The first kappa shape index (κ1) is 11.1. The monoisotopic (exact) mass is 196 g/mol. The Bertz CT molecular complexity index is 156. The molecule has 0 bridgehead atoms. The van der Waals surface area contributed by atoms with Crippen molar-refractivity contribution in [2.45, 2.75) is 17.7 Å². The molecule has 1 aliphatic heterocycles. The highest BCUT2D eigenvalue weighted by atomic mass is 35.5. The third kappa shape index (κ3) is 2.54. The first-order valence-corrected chi connectivity index (χ1v) is 3.80. The van der Waals surface area contributed by atoms with Gasteiger partial charge in [0.15, 0.2) is 0 Å². The standard InChI is InChI=1S/C6H12N2OS.ClH/c1-8-3-4(10)2-5(8)6(7)9;/h4-5,10H,2-3H2,1H3,(H2,7,9);1H/t4-,5-;/m0./s1. The number of hydrogen-bond acceptors (Lipinski definition) is 3. The van der Waals surface area contributed by atoms with Crippen molar-refractivity contribution in [2.24, 2.45) is 5.73 Å². The molecule has 5 heteroatoms. The first-order valence-electron chi connectivity index (χ1n) is 3.29. The number of nitrogens with two attached hydrogens (primary N) is 1. The zero-order chi connectivity index (χ0) is 7.72. The lowest BCUT2D eigenvalue weighted by Crippen LogP contribution is -2.37. The Balaban J connectivity index is 0.000001000. The third-order valence-corrected chi connectivity index (χ3v) is 2.23. The molecule has 11 heavy (non-hydrogen) atoms. The Morgan fingerprint density at radius 2 is 2.27 bits per heavy atom. The van der Waals surface area contributed by atoms with Gasteiger partial charge in [-0.15, -0.1) is 12.4 Å². The lowest BCUT2D eigenvalue weighted by atomic mass is 10.2. The van der Waals surface area contributed by atoms with Gasteiger partial charge in [0.25, 0.3) is 0 Å². The van der Waals surface area contributed by atoms with E-state index in [0.717, 1.165) is 13.0 Å². The Labute approximate surface area is 78.1 Å². The van der Waals surface area contributed by atoms with Crippen molar-refractivity contribution in [2.75, 3.05) is 13.6 Å². The molecule has 1 saturated heterocycles. The predicted octanol–water partition coefficient (Wildman–Crippen LogP) is -0.104. The van der Waals surface area contributed by atoms with Crippen LogP contribution in [-0.4, -0.2) is 35.7 Å². The van der Waals surface area contributed by atoms with E-state index in [4.69, 9.17) is 5.73 Å². The lowest BCUT2D eigenvalue weighted by molar-refractivity contribution is -0.121. The van der Waals surface area contributed by atoms with E-state index in [2.05, 4.69) is 12.6 Å². The van der Waals surface area contributed by atoms with E-state index in [1.165, 1.54) is 0 Å². The van der Waals surface area contributed by atoms with Crippen LogP contribution in [0.5, 0.6) is 0 Å². The zero-order valence-corrected chi connectivity index (χ0v) is 8.07. The molecule has 0 aliphatic carbocycles. The third-order valence-electron chi connectivity index (χ3n) is 1.85. The van der Waals surface area contributed by atoms with Gasteiger partial charge in [0, 0.05) is 11.8 Å². The number of carbonyl (C=O) groups is 1. The molecule has 1 aliphatic rings. The van der Waals surface area contributed by atoms with Crippen LogP contribution < -0.4 is 5.73 Å². The summed E-state index contributed by atoms with van der Waals surface area (Å²) < 4.78 is 0. The number of thiol groups is 1. The average Bonchev–Trinajstić information content (AvgIpc) is 2.10. The Hall–Kier alpha value is 0.0700. The van der Waals surface area contributed by atoms with Crippen molar-refractivity contribution in [3.8, 4) is 0 Å². The summed E-state index contributed by atoms with van der Waals surface area (Å²) in [6.07, 6.45) is 0.787. The number of rotatable bonds is 1. The summed E-state index contributed by atoms with van der Waals surface area (Å²) in [6.45, 7) is 0.858. The van der Waals surface area contributed by atoms with E-state index in [9.17, 15) is 4.79 Å². The van der Waals surface area contributed by atoms with Crippen LogP contribution in [0.4, 0.5) is 0 Å². The highest BCUT2D eigenvalue weighted by Crippen LogP contribution is 2.18. The normalized spacial score (nSPS) is 31.5. The molecule has 3 nitrogen and oxygen atoms in total. The predicted molar refractivity (Wildman–Crippen MR) is 50.3 cm³/mol. The molecule has 0 unspecified atom stereocenters. The van der Waals surface area contributed by atoms with Crippen molar-refractivity contribution < 1.29 is 4.79 Å². The van der Waals surface area contributed by atoms with Crippen LogP contribution in [0.15, 0.2) is 0 Å². The molecule has 1 rings (SSSR count). The smallest absolute Gasteiger partial charge is 0.234 e. The maximum absolute atomic E-state index is 10.7. The summed E-state index contributed by atoms with van der Waals surface area (Å²) in [5.41, 5.74) is 5.14. The van der Waals surface area contributed by atoms with Gasteiger partial charge in [0.1, 0.15) is 0 Å². The number of amides is 1. The molecular weight excluding hydrogens is 184 g/mol. The van der Waals surface area contributed by atoms with Gasteiger partial charge in [0.2, 0.25) is 5.91 Å². The van der Waals surface area contributed by atoms with Crippen molar-refractivity contribution in [3.05, 3.63) is 0 Å². The van der Waals surface area contributed by atoms with Gasteiger partial charge in [-0.1, -0.05) is 0 Å². The average molecular weight is 197 g/mol. The number of halogens is 1. The van der Waals surface area contributed by atoms with Gasteiger partial charge in [-0.05, 0) is 13.5 Å².